The van der Waals surface area contributed by atoms with Crippen molar-refractivity contribution in [2.24, 2.45) is 5.73 Å². The highest BCUT2D eigenvalue weighted by Crippen LogP contribution is 2.20. The van der Waals surface area contributed by atoms with Crippen molar-refractivity contribution in [2.75, 3.05) is 6.54 Å². The summed E-state index contributed by atoms with van der Waals surface area (Å²) in [5, 5.41) is 2.99. The Morgan fingerprint density at radius 1 is 1.40 bits per heavy atom. The number of amides is 1. The maximum atomic E-state index is 12.0. The van der Waals surface area contributed by atoms with Gasteiger partial charge in [0.1, 0.15) is 0 Å². The lowest BCUT2D eigenvalue weighted by Gasteiger charge is -2.09. The van der Waals surface area contributed by atoms with Gasteiger partial charge in [-0.3, -0.25) is 4.79 Å². The first-order valence-electron chi connectivity index (χ1n) is 6.20. The number of sulfonamides is 1. The molecule has 1 aliphatic carbocycles. The lowest BCUT2D eigenvalue weighted by atomic mass is 10.2. The molecule has 0 heterocycles. The molecule has 20 heavy (non-hydrogen) atoms. The predicted octanol–water partition coefficient (Wildman–Crippen LogP) is 0.356. The largest absolute Gasteiger partial charge is 0.352 e. The maximum absolute atomic E-state index is 12.0. The molecule has 8 heteroatoms. The van der Waals surface area contributed by atoms with E-state index in [1.807, 2.05) is 0 Å². The summed E-state index contributed by atoms with van der Waals surface area (Å²) in [6.45, 7) is -0.0501. The first-order valence-corrected chi connectivity index (χ1v) is 8.06. The second-order valence-electron chi connectivity index (χ2n) is 4.62. The Hall–Kier alpha value is -1.15. The van der Waals surface area contributed by atoms with Crippen molar-refractivity contribution in [2.45, 2.75) is 30.3 Å². The van der Waals surface area contributed by atoms with Crippen LogP contribution in [0.25, 0.3) is 0 Å². The predicted molar refractivity (Wildman–Crippen MR) is 75.7 cm³/mol. The zero-order valence-electron chi connectivity index (χ0n) is 10.7. The minimum Gasteiger partial charge on any atom is -0.352 e. The van der Waals surface area contributed by atoms with Crippen molar-refractivity contribution >= 4 is 27.5 Å². The second kappa shape index (κ2) is 6.09. The van der Waals surface area contributed by atoms with Crippen molar-refractivity contribution in [3.8, 4) is 0 Å². The molecule has 1 aromatic carbocycles. The standard InChI is InChI=1S/C12H16ClN3O3S/c13-11-5-10(4-1-8(11)6-14)20(18,19)15-7-12(17)16-9-2-3-9/h1,4-5,9,15H,2-3,6-7,14H2,(H,16,17). The van der Waals surface area contributed by atoms with E-state index in [9.17, 15) is 13.2 Å². The quantitative estimate of drug-likeness (QED) is 0.705. The molecule has 1 aromatic rings. The Kier molecular flexibility index (Phi) is 4.64. The van der Waals surface area contributed by atoms with E-state index in [4.69, 9.17) is 17.3 Å². The minimum atomic E-state index is -3.75. The third kappa shape index (κ3) is 3.92. The van der Waals surface area contributed by atoms with Crippen molar-refractivity contribution in [1.29, 1.82) is 0 Å². The van der Waals surface area contributed by atoms with Crippen LogP contribution >= 0.6 is 11.6 Å². The van der Waals surface area contributed by atoms with Crippen LogP contribution in [0.1, 0.15) is 18.4 Å². The van der Waals surface area contributed by atoms with Gasteiger partial charge in [-0.15, -0.1) is 0 Å². The molecule has 1 fully saturated rings. The molecule has 0 atom stereocenters. The molecule has 0 unspecified atom stereocenters. The molecule has 1 amide bonds. The summed E-state index contributed by atoms with van der Waals surface area (Å²) >= 11 is 5.92. The summed E-state index contributed by atoms with van der Waals surface area (Å²) in [5.41, 5.74) is 6.12. The fourth-order valence-electron chi connectivity index (χ4n) is 1.61. The lowest BCUT2D eigenvalue weighted by molar-refractivity contribution is -0.120. The summed E-state index contributed by atoms with van der Waals surface area (Å²) in [7, 11) is -3.75. The summed E-state index contributed by atoms with van der Waals surface area (Å²) in [6, 6.07) is 4.49. The van der Waals surface area contributed by atoms with Crippen LogP contribution in [0, 0.1) is 0 Å². The monoisotopic (exact) mass is 317 g/mol. The molecule has 0 spiro atoms. The number of carbonyl (C=O) groups is 1. The van der Waals surface area contributed by atoms with Gasteiger partial charge in [0.05, 0.1) is 11.4 Å². The third-order valence-corrected chi connectivity index (χ3v) is 4.67. The lowest BCUT2D eigenvalue weighted by Crippen LogP contribution is -2.37. The second-order valence-corrected chi connectivity index (χ2v) is 6.80. The smallest absolute Gasteiger partial charge is 0.241 e. The van der Waals surface area contributed by atoms with Gasteiger partial charge in [-0.2, -0.15) is 0 Å². The van der Waals surface area contributed by atoms with Crippen LogP contribution in [-0.2, 0) is 21.4 Å². The fraction of sp³-hybridized carbons (Fsp3) is 0.417. The number of rotatable bonds is 6. The van der Waals surface area contributed by atoms with Gasteiger partial charge in [-0.1, -0.05) is 17.7 Å². The molecule has 0 radical (unpaired) electrons. The Balaban J connectivity index is 2.01. The highest BCUT2D eigenvalue weighted by Gasteiger charge is 2.24. The van der Waals surface area contributed by atoms with E-state index in [0.29, 0.717) is 5.56 Å². The topological polar surface area (TPSA) is 101 Å². The molecule has 2 rings (SSSR count). The number of nitrogens with two attached hydrogens (primary N) is 1. The van der Waals surface area contributed by atoms with Crippen molar-refractivity contribution < 1.29 is 13.2 Å². The molecule has 0 aromatic heterocycles. The van der Waals surface area contributed by atoms with Crippen molar-refractivity contribution in [3.63, 3.8) is 0 Å². The van der Waals surface area contributed by atoms with E-state index in [-0.39, 0.29) is 35.0 Å². The fourth-order valence-corrected chi connectivity index (χ4v) is 2.94. The maximum Gasteiger partial charge on any atom is 0.241 e. The van der Waals surface area contributed by atoms with Gasteiger partial charge in [0.2, 0.25) is 15.9 Å². The van der Waals surface area contributed by atoms with Crippen LogP contribution in [0.3, 0.4) is 0 Å². The van der Waals surface area contributed by atoms with Crippen molar-refractivity contribution in [3.05, 3.63) is 28.8 Å². The van der Waals surface area contributed by atoms with Crippen LogP contribution in [0.5, 0.6) is 0 Å². The van der Waals surface area contributed by atoms with Crippen LogP contribution in [-0.4, -0.2) is 26.9 Å². The molecule has 110 valence electrons. The highest BCUT2D eigenvalue weighted by atomic mass is 35.5. The number of nitrogens with one attached hydrogen (secondary N) is 2. The van der Waals surface area contributed by atoms with E-state index < -0.39 is 10.0 Å². The first-order chi connectivity index (χ1) is 9.42. The van der Waals surface area contributed by atoms with E-state index in [0.717, 1.165) is 12.8 Å². The molecule has 6 nitrogen and oxygen atoms in total. The molecular formula is C12H16ClN3O3S. The summed E-state index contributed by atoms with van der Waals surface area (Å²) in [6.07, 6.45) is 1.91. The minimum absolute atomic E-state index is 0.0129. The van der Waals surface area contributed by atoms with E-state index in [1.54, 1.807) is 6.07 Å². The Bertz CT molecular complexity index is 614. The molecule has 4 N–H and O–H groups in total. The number of hydrogen-bond donors (Lipinski definition) is 3. The Labute approximate surface area is 122 Å². The summed E-state index contributed by atoms with van der Waals surface area (Å²) < 4.78 is 26.3. The number of carbonyl (C=O) groups excluding carboxylic acids is 1. The van der Waals surface area contributed by atoms with Crippen LogP contribution in [0.15, 0.2) is 23.1 Å². The van der Waals surface area contributed by atoms with Crippen LogP contribution in [0.2, 0.25) is 5.02 Å². The summed E-state index contributed by atoms with van der Waals surface area (Å²) in [4.78, 5) is 11.5. The molecule has 1 saturated carbocycles. The SMILES string of the molecule is NCc1ccc(S(=O)(=O)NCC(=O)NC2CC2)cc1Cl. The first kappa shape index (κ1) is 15.2. The Morgan fingerprint density at radius 2 is 2.10 bits per heavy atom. The van der Waals surface area contributed by atoms with Gasteiger partial charge in [0.15, 0.2) is 0 Å². The van der Waals surface area contributed by atoms with Crippen LogP contribution in [0.4, 0.5) is 0 Å². The van der Waals surface area contributed by atoms with Gasteiger partial charge < -0.3 is 11.1 Å². The number of benzene rings is 1. The third-order valence-electron chi connectivity index (χ3n) is 2.92. The van der Waals surface area contributed by atoms with Gasteiger partial charge in [0.25, 0.3) is 0 Å². The van der Waals surface area contributed by atoms with Gasteiger partial charge >= 0.3 is 0 Å². The van der Waals surface area contributed by atoms with Gasteiger partial charge in [0, 0.05) is 17.6 Å². The molecular weight excluding hydrogens is 302 g/mol. The Morgan fingerprint density at radius 3 is 2.65 bits per heavy atom. The van der Waals surface area contributed by atoms with E-state index >= 15 is 0 Å². The average Bonchev–Trinajstić information content (AvgIpc) is 3.20. The normalized spacial score (nSPS) is 15.1. The highest BCUT2D eigenvalue weighted by molar-refractivity contribution is 7.89. The summed E-state index contributed by atoms with van der Waals surface area (Å²) in [5.74, 6) is -0.333. The number of halogens is 1. The van der Waals surface area contributed by atoms with E-state index in [2.05, 4.69) is 10.0 Å². The van der Waals surface area contributed by atoms with Gasteiger partial charge in [-0.25, -0.2) is 13.1 Å². The number of hydrogen-bond acceptors (Lipinski definition) is 4. The molecule has 0 saturated heterocycles. The van der Waals surface area contributed by atoms with Crippen molar-refractivity contribution in [1.82, 2.24) is 10.0 Å². The molecule has 1 aliphatic rings. The zero-order valence-corrected chi connectivity index (χ0v) is 12.3. The zero-order chi connectivity index (χ0) is 14.8. The van der Waals surface area contributed by atoms with E-state index in [1.165, 1.54) is 12.1 Å². The molecule has 0 bridgehead atoms. The van der Waals surface area contributed by atoms with Crippen LogP contribution < -0.4 is 15.8 Å². The average molecular weight is 318 g/mol. The molecule has 0 aliphatic heterocycles. The van der Waals surface area contributed by atoms with Gasteiger partial charge in [-0.05, 0) is 30.5 Å².